The van der Waals surface area contributed by atoms with Gasteiger partial charge in [0.05, 0.1) is 0 Å². The van der Waals surface area contributed by atoms with E-state index >= 15 is 0 Å². The number of aromatic nitrogens is 4. The van der Waals surface area contributed by atoms with Crippen LogP contribution in [0.1, 0.15) is 36.6 Å². The van der Waals surface area contributed by atoms with Crippen LogP contribution in [0.15, 0.2) is 30.6 Å². The van der Waals surface area contributed by atoms with Crippen molar-refractivity contribution < 1.29 is 17.9 Å². The quantitative estimate of drug-likeness (QED) is 0.713. The normalized spacial score (nSPS) is 12.1. The van der Waals surface area contributed by atoms with Crippen molar-refractivity contribution in [2.24, 2.45) is 0 Å². The molecule has 0 bridgehead atoms. The van der Waals surface area contributed by atoms with Crippen molar-refractivity contribution in [3.63, 3.8) is 0 Å². The van der Waals surface area contributed by atoms with Crippen LogP contribution in [0.3, 0.4) is 0 Å². The smallest absolute Gasteiger partial charge is 0.433 e. The van der Waals surface area contributed by atoms with Gasteiger partial charge in [-0.1, -0.05) is 26.0 Å². The molecule has 3 rings (SSSR count). The van der Waals surface area contributed by atoms with E-state index in [9.17, 15) is 13.2 Å². The highest BCUT2D eigenvalue weighted by Crippen LogP contribution is 2.33. The summed E-state index contributed by atoms with van der Waals surface area (Å²) in [6.07, 6.45) is -3.46. The molecule has 0 fully saturated rings. The van der Waals surface area contributed by atoms with E-state index in [0.717, 1.165) is 28.0 Å². The zero-order valence-electron chi connectivity index (χ0n) is 13.3. The van der Waals surface area contributed by atoms with E-state index in [-0.39, 0.29) is 17.6 Å². The van der Waals surface area contributed by atoms with Crippen molar-refractivity contribution >= 4 is 5.78 Å². The average molecular weight is 336 g/mol. The summed E-state index contributed by atoms with van der Waals surface area (Å²) >= 11 is 0. The van der Waals surface area contributed by atoms with Gasteiger partial charge in [0.25, 0.3) is 5.78 Å². The first-order valence-electron chi connectivity index (χ1n) is 7.32. The summed E-state index contributed by atoms with van der Waals surface area (Å²) in [6.45, 7) is 5.88. The lowest BCUT2D eigenvalue weighted by Gasteiger charge is -2.14. The molecule has 0 saturated carbocycles. The Morgan fingerprint density at radius 1 is 1.17 bits per heavy atom. The zero-order valence-corrected chi connectivity index (χ0v) is 13.3. The lowest BCUT2D eigenvalue weighted by atomic mass is 10.0. The van der Waals surface area contributed by atoms with E-state index < -0.39 is 11.9 Å². The molecular weight excluding hydrogens is 321 g/mol. The first kappa shape index (κ1) is 16.2. The molecule has 0 aliphatic carbocycles. The molecule has 2 heterocycles. The summed E-state index contributed by atoms with van der Waals surface area (Å²) < 4.78 is 45.9. The number of ether oxygens (including phenoxy) is 1. The Kier molecular flexibility index (Phi) is 3.90. The van der Waals surface area contributed by atoms with E-state index in [1.807, 2.05) is 39.0 Å². The third kappa shape index (κ3) is 3.04. The average Bonchev–Trinajstić information content (AvgIpc) is 2.97. The molecule has 0 atom stereocenters. The molecule has 0 radical (unpaired) electrons. The minimum absolute atomic E-state index is 0.0890. The van der Waals surface area contributed by atoms with Crippen molar-refractivity contribution in [2.45, 2.75) is 32.9 Å². The molecule has 3 aromatic rings. The van der Waals surface area contributed by atoms with E-state index in [1.165, 1.54) is 0 Å². The number of nitrogens with zero attached hydrogens (tertiary/aromatic N) is 4. The highest BCUT2D eigenvalue weighted by atomic mass is 19.4. The van der Waals surface area contributed by atoms with Gasteiger partial charge in [0, 0.05) is 6.07 Å². The number of aryl methyl sites for hydroxylation is 1. The maximum atomic E-state index is 13.0. The van der Waals surface area contributed by atoms with Crippen LogP contribution in [0, 0.1) is 6.92 Å². The Morgan fingerprint density at radius 2 is 1.92 bits per heavy atom. The van der Waals surface area contributed by atoms with Gasteiger partial charge in [0.15, 0.2) is 5.69 Å². The summed E-state index contributed by atoms with van der Waals surface area (Å²) in [4.78, 5) is 7.19. The van der Waals surface area contributed by atoms with Crippen LogP contribution in [-0.4, -0.2) is 19.6 Å². The molecule has 5 nitrogen and oxygen atoms in total. The minimum Gasteiger partial charge on any atom is -0.439 e. The molecule has 126 valence electrons. The molecule has 0 aliphatic rings. The van der Waals surface area contributed by atoms with Gasteiger partial charge in [-0.05, 0) is 30.0 Å². The van der Waals surface area contributed by atoms with E-state index in [0.29, 0.717) is 5.75 Å². The number of hydrogen-bond acceptors (Lipinski definition) is 4. The number of hydrogen-bond donors (Lipinski definition) is 0. The topological polar surface area (TPSA) is 52.3 Å². The molecular formula is C16H15F3N4O. The second-order valence-corrected chi connectivity index (χ2v) is 5.73. The third-order valence-electron chi connectivity index (χ3n) is 3.60. The SMILES string of the molecule is Cc1ccc(C(C)C)cc1Oc1cc(C(F)(F)F)nc2ncnn12. The van der Waals surface area contributed by atoms with Gasteiger partial charge in [-0.3, -0.25) is 0 Å². The molecule has 0 unspecified atom stereocenters. The lowest BCUT2D eigenvalue weighted by molar-refractivity contribution is -0.141. The van der Waals surface area contributed by atoms with Gasteiger partial charge in [0.2, 0.25) is 5.88 Å². The summed E-state index contributed by atoms with van der Waals surface area (Å²) in [5, 5.41) is 3.88. The monoisotopic (exact) mass is 336 g/mol. The number of fused-ring (bicyclic) bond motifs is 1. The Balaban J connectivity index is 2.10. The fraction of sp³-hybridized carbons (Fsp3) is 0.312. The summed E-state index contributed by atoms with van der Waals surface area (Å²) in [6, 6.07) is 6.47. The van der Waals surface area contributed by atoms with Gasteiger partial charge in [-0.15, -0.1) is 0 Å². The van der Waals surface area contributed by atoms with Crippen molar-refractivity contribution in [2.75, 3.05) is 0 Å². The molecule has 2 aromatic heterocycles. The fourth-order valence-electron chi connectivity index (χ4n) is 2.20. The van der Waals surface area contributed by atoms with Crippen molar-refractivity contribution in [3.05, 3.63) is 47.4 Å². The highest BCUT2D eigenvalue weighted by molar-refractivity contribution is 5.42. The van der Waals surface area contributed by atoms with Crippen LogP contribution >= 0.6 is 0 Å². The lowest BCUT2D eigenvalue weighted by Crippen LogP contribution is -2.11. The first-order chi connectivity index (χ1) is 11.3. The Labute approximate surface area is 136 Å². The van der Waals surface area contributed by atoms with Gasteiger partial charge >= 0.3 is 6.18 Å². The van der Waals surface area contributed by atoms with E-state index in [2.05, 4.69) is 15.1 Å². The van der Waals surface area contributed by atoms with Crippen LogP contribution in [0.25, 0.3) is 5.78 Å². The van der Waals surface area contributed by atoms with Crippen LogP contribution in [0.4, 0.5) is 13.2 Å². The molecule has 8 heteroatoms. The zero-order chi connectivity index (χ0) is 17.5. The standard InChI is InChI=1S/C16H15F3N4O/c1-9(2)11-5-4-10(3)12(6-11)24-14-7-13(16(17,18)19)22-15-20-8-21-23(14)15/h4-9H,1-3H3. The largest absolute Gasteiger partial charge is 0.439 e. The van der Waals surface area contributed by atoms with Crippen LogP contribution in [0.5, 0.6) is 11.6 Å². The Morgan fingerprint density at radius 3 is 2.58 bits per heavy atom. The van der Waals surface area contributed by atoms with Gasteiger partial charge in [0.1, 0.15) is 12.1 Å². The Bertz CT molecular complexity index is 887. The summed E-state index contributed by atoms with van der Waals surface area (Å²) in [5.74, 6) is 0.478. The summed E-state index contributed by atoms with van der Waals surface area (Å²) in [5.41, 5.74) is 0.754. The van der Waals surface area contributed by atoms with Crippen molar-refractivity contribution in [1.82, 2.24) is 19.6 Å². The Hall–Kier alpha value is -2.64. The maximum Gasteiger partial charge on any atom is 0.433 e. The maximum absolute atomic E-state index is 13.0. The van der Waals surface area contributed by atoms with E-state index in [1.54, 1.807) is 0 Å². The minimum atomic E-state index is -4.60. The second kappa shape index (κ2) is 5.77. The number of halogens is 3. The van der Waals surface area contributed by atoms with Crippen molar-refractivity contribution in [3.8, 4) is 11.6 Å². The predicted octanol–water partition coefficient (Wildman–Crippen LogP) is 4.37. The van der Waals surface area contributed by atoms with E-state index in [4.69, 9.17) is 4.74 Å². The fourth-order valence-corrected chi connectivity index (χ4v) is 2.20. The van der Waals surface area contributed by atoms with Gasteiger partial charge < -0.3 is 4.74 Å². The molecule has 0 aliphatic heterocycles. The molecule has 0 amide bonds. The van der Waals surface area contributed by atoms with Gasteiger partial charge in [-0.25, -0.2) is 4.98 Å². The molecule has 0 N–H and O–H groups in total. The van der Waals surface area contributed by atoms with Crippen LogP contribution in [0.2, 0.25) is 0 Å². The van der Waals surface area contributed by atoms with Crippen LogP contribution < -0.4 is 4.74 Å². The number of benzene rings is 1. The van der Waals surface area contributed by atoms with Crippen LogP contribution in [-0.2, 0) is 6.18 Å². The molecule has 0 spiro atoms. The van der Waals surface area contributed by atoms with Crippen molar-refractivity contribution in [1.29, 1.82) is 0 Å². The first-order valence-corrected chi connectivity index (χ1v) is 7.32. The number of rotatable bonds is 3. The second-order valence-electron chi connectivity index (χ2n) is 5.73. The number of alkyl halides is 3. The molecule has 24 heavy (non-hydrogen) atoms. The highest BCUT2D eigenvalue weighted by Gasteiger charge is 2.34. The van der Waals surface area contributed by atoms with Gasteiger partial charge in [-0.2, -0.15) is 27.8 Å². The third-order valence-corrected chi connectivity index (χ3v) is 3.60. The molecule has 0 saturated heterocycles. The summed E-state index contributed by atoms with van der Waals surface area (Å²) in [7, 11) is 0. The molecule has 1 aromatic carbocycles. The predicted molar refractivity (Wildman–Crippen MR) is 81.1 cm³/mol.